The normalized spacial score (nSPS) is 10.3. The van der Waals surface area contributed by atoms with Crippen molar-refractivity contribution in [3.63, 3.8) is 0 Å². The van der Waals surface area contributed by atoms with Crippen molar-refractivity contribution in [3.8, 4) is 0 Å². The Balaban J connectivity index is 1.96. The average Bonchev–Trinajstić information content (AvgIpc) is 2.42. The number of nitrogens with one attached hydrogen (secondary N) is 1. The molecule has 0 aromatic heterocycles. The second-order valence-electron chi connectivity index (χ2n) is 4.37. The fourth-order valence-corrected chi connectivity index (χ4v) is 1.98. The summed E-state index contributed by atoms with van der Waals surface area (Å²) in [7, 11) is 0. The zero-order chi connectivity index (χ0) is 14.5. The van der Waals surface area contributed by atoms with E-state index in [0.29, 0.717) is 17.1 Å². The molecule has 0 saturated carbocycles. The average molecular weight is 293 g/mol. The maximum atomic E-state index is 13.1. The summed E-state index contributed by atoms with van der Waals surface area (Å²) >= 11 is 5.88. The molecule has 0 spiro atoms. The highest BCUT2D eigenvalue weighted by atomic mass is 35.5. The van der Waals surface area contributed by atoms with Gasteiger partial charge < -0.3 is 11.1 Å². The third-order valence-electron chi connectivity index (χ3n) is 2.88. The number of aryl methyl sites for hydroxylation is 1. The third kappa shape index (κ3) is 3.71. The van der Waals surface area contributed by atoms with Gasteiger partial charge in [-0.25, -0.2) is 4.39 Å². The molecule has 0 fully saturated rings. The minimum absolute atomic E-state index is 0.235. The molecule has 5 heteroatoms. The Bertz CT molecular complexity index is 631. The third-order valence-corrected chi connectivity index (χ3v) is 3.21. The summed E-state index contributed by atoms with van der Waals surface area (Å²) in [5.74, 6) is -0.683. The van der Waals surface area contributed by atoms with Gasteiger partial charge in [-0.2, -0.15) is 0 Å². The number of halogens is 2. The van der Waals surface area contributed by atoms with Crippen LogP contribution >= 0.6 is 11.6 Å². The van der Waals surface area contributed by atoms with Crippen LogP contribution in [0.5, 0.6) is 0 Å². The second kappa shape index (κ2) is 6.39. The van der Waals surface area contributed by atoms with Crippen LogP contribution in [0.3, 0.4) is 0 Å². The van der Waals surface area contributed by atoms with Crippen LogP contribution in [0.4, 0.5) is 15.8 Å². The number of rotatable bonds is 4. The molecule has 104 valence electrons. The minimum atomic E-state index is -0.447. The number of nitrogen functional groups attached to an aromatic ring is 1. The number of anilines is 2. The van der Waals surface area contributed by atoms with Gasteiger partial charge in [-0.05, 0) is 36.2 Å². The molecular formula is C15H14ClFN2O. The first-order valence-corrected chi connectivity index (χ1v) is 6.52. The molecule has 1 amide bonds. The fourth-order valence-electron chi connectivity index (χ4n) is 1.82. The molecule has 20 heavy (non-hydrogen) atoms. The van der Waals surface area contributed by atoms with Gasteiger partial charge in [-0.3, -0.25) is 4.79 Å². The van der Waals surface area contributed by atoms with Crippen molar-refractivity contribution in [2.75, 3.05) is 11.1 Å². The first-order valence-electron chi connectivity index (χ1n) is 6.14. The number of nitrogens with two attached hydrogens (primary N) is 1. The number of amides is 1. The molecule has 3 N–H and O–H groups in total. The smallest absolute Gasteiger partial charge is 0.224 e. The molecule has 0 aliphatic rings. The Morgan fingerprint density at radius 2 is 2.00 bits per heavy atom. The lowest BCUT2D eigenvalue weighted by molar-refractivity contribution is -0.116. The van der Waals surface area contributed by atoms with E-state index in [-0.39, 0.29) is 18.0 Å². The number of benzene rings is 2. The lowest BCUT2D eigenvalue weighted by Gasteiger charge is -2.08. The zero-order valence-electron chi connectivity index (χ0n) is 10.7. The van der Waals surface area contributed by atoms with Gasteiger partial charge in [-0.1, -0.05) is 29.8 Å². The van der Waals surface area contributed by atoms with Crippen LogP contribution in [0, 0.1) is 5.82 Å². The van der Waals surface area contributed by atoms with Gasteiger partial charge in [0, 0.05) is 12.1 Å². The first-order chi connectivity index (χ1) is 9.56. The van der Waals surface area contributed by atoms with E-state index in [1.807, 2.05) is 18.2 Å². The maximum absolute atomic E-state index is 13.1. The zero-order valence-corrected chi connectivity index (χ0v) is 11.5. The SMILES string of the molecule is Nc1ccccc1CCC(=O)Nc1cc(F)ccc1Cl. The van der Waals surface area contributed by atoms with E-state index >= 15 is 0 Å². The highest BCUT2D eigenvalue weighted by Gasteiger charge is 2.08. The quantitative estimate of drug-likeness (QED) is 0.846. The van der Waals surface area contributed by atoms with Crippen LogP contribution in [0.1, 0.15) is 12.0 Å². The lowest BCUT2D eigenvalue weighted by Crippen LogP contribution is -2.13. The summed E-state index contributed by atoms with van der Waals surface area (Å²) in [6.45, 7) is 0. The van der Waals surface area contributed by atoms with Crippen LogP contribution in [0.15, 0.2) is 42.5 Å². The summed E-state index contributed by atoms with van der Waals surface area (Å²) in [4.78, 5) is 11.8. The number of hydrogen-bond donors (Lipinski definition) is 2. The molecule has 2 rings (SSSR count). The predicted octanol–water partition coefficient (Wildman–Crippen LogP) is 3.63. The highest BCUT2D eigenvalue weighted by Crippen LogP contribution is 2.22. The summed E-state index contributed by atoms with van der Waals surface area (Å²) in [6, 6.07) is 11.2. The van der Waals surface area contributed by atoms with Crippen molar-refractivity contribution in [3.05, 3.63) is 58.9 Å². The van der Waals surface area contributed by atoms with Gasteiger partial charge >= 0.3 is 0 Å². The summed E-state index contributed by atoms with van der Waals surface area (Å²) in [5.41, 5.74) is 7.64. The van der Waals surface area contributed by atoms with Crippen LogP contribution < -0.4 is 11.1 Å². The molecule has 0 aliphatic heterocycles. The molecule has 0 atom stereocenters. The van der Waals surface area contributed by atoms with Gasteiger partial charge in [0.2, 0.25) is 5.91 Å². The Morgan fingerprint density at radius 1 is 1.25 bits per heavy atom. The topological polar surface area (TPSA) is 55.1 Å². The maximum Gasteiger partial charge on any atom is 0.224 e. The molecule has 0 radical (unpaired) electrons. The van der Waals surface area contributed by atoms with E-state index in [4.69, 9.17) is 17.3 Å². The molecule has 0 heterocycles. The monoisotopic (exact) mass is 292 g/mol. The van der Waals surface area contributed by atoms with E-state index in [2.05, 4.69) is 5.32 Å². The first kappa shape index (κ1) is 14.3. The van der Waals surface area contributed by atoms with E-state index < -0.39 is 5.82 Å². The van der Waals surface area contributed by atoms with Crippen LogP contribution in [0.2, 0.25) is 5.02 Å². The van der Waals surface area contributed by atoms with E-state index in [1.165, 1.54) is 18.2 Å². The molecule has 2 aromatic rings. The van der Waals surface area contributed by atoms with Crippen LogP contribution in [-0.4, -0.2) is 5.91 Å². The number of para-hydroxylation sites is 1. The molecule has 0 saturated heterocycles. The van der Waals surface area contributed by atoms with Crippen LogP contribution in [-0.2, 0) is 11.2 Å². The number of carbonyl (C=O) groups excluding carboxylic acids is 1. The lowest BCUT2D eigenvalue weighted by atomic mass is 10.1. The molecule has 0 bridgehead atoms. The summed E-state index contributed by atoms with van der Waals surface area (Å²) in [5, 5.41) is 2.89. The van der Waals surface area contributed by atoms with Crippen LogP contribution in [0.25, 0.3) is 0 Å². The number of hydrogen-bond acceptors (Lipinski definition) is 2. The standard InChI is InChI=1S/C15H14ClFN2O/c16-12-7-6-11(17)9-14(12)19-15(20)8-5-10-3-1-2-4-13(10)18/h1-4,6-7,9H,5,8,18H2,(H,19,20). The summed E-state index contributed by atoms with van der Waals surface area (Å²) < 4.78 is 13.1. The fraction of sp³-hybridized carbons (Fsp3) is 0.133. The molecule has 2 aromatic carbocycles. The van der Waals surface area contributed by atoms with Crippen molar-refractivity contribution in [1.29, 1.82) is 0 Å². The van der Waals surface area contributed by atoms with Crippen molar-refractivity contribution in [1.82, 2.24) is 0 Å². The Morgan fingerprint density at radius 3 is 2.75 bits per heavy atom. The van der Waals surface area contributed by atoms with Gasteiger partial charge in [0.15, 0.2) is 0 Å². The second-order valence-corrected chi connectivity index (χ2v) is 4.78. The molecule has 3 nitrogen and oxygen atoms in total. The molecule has 0 unspecified atom stereocenters. The Kier molecular flexibility index (Phi) is 4.58. The van der Waals surface area contributed by atoms with Crippen molar-refractivity contribution >= 4 is 28.9 Å². The van der Waals surface area contributed by atoms with Gasteiger partial charge in [0.25, 0.3) is 0 Å². The summed E-state index contributed by atoms with van der Waals surface area (Å²) in [6.07, 6.45) is 0.770. The van der Waals surface area contributed by atoms with E-state index in [1.54, 1.807) is 6.07 Å². The highest BCUT2D eigenvalue weighted by molar-refractivity contribution is 6.33. The molecular weight excluding hydrogens is 279 g/mol. The van der Waals surface area contributed by atoms with Gasteiger partial charge in [0.05, 0.1) is 10.7 Å². The number of carbonyl (C=O) groups is 1. The van der Waals surface area contributed by atoms with Crippen molar-refractivity contribution in [2.45, 2.75) is 12.8 Å². The largest absolute Gasteiger partial charge is 0.399 e. The van der Waals surface area contributed by atoms with Gasteiger partial charge in [-0.15, -0.1) is 0 Å². The van der Waals surface area contributed by atoms with E-state index in [0.717, 1.165) is 5.56 Å². The predicted molar refractivity (Wildman–Crippen MR) is 79.2 cm³/mol. The van der Waals surface area contributed by atoms with Crippen molar-refractivity contribution < 1.29 is 9.18 Å². The van der Waals surface area contributed by atoms with E-state index in [9.17, 15) is 9.18 Å². The Hall–Kier alpha value is -2.07. The van der Waals surface area contributed by atoms with Gasteiger partial charge in [0.1, 0.15) is 5.82 Å². The Labute approximate surface area is 121 Å². The van der Waals surface area contributed by atoms with Crippen molar-refractivity contribution in [2.24, 2.45) is 0 Å². The molecule has 0 aliphatic carbocycles. The minimum Gasteiger partial charge on any atom is -0.399 e.